The molecule has 2 aliphatic heterocycles. The fourth-order valence-electron chi connectivity index (χ4n) is 7.72. The van der Waals surface area contributed by atoms with Crippen LogP contribution in [0, 0.1) is 23.7 Å². The molecule has 0 amide bonds. The number of hydrogen-bond acceptors (Lipinski definition) is 4. The van der Waals surface area contributed by atoms with Crippen molar-refractivity contribution in [2.45, 2.75) is 29.5 Å². The molecule has 6 aromatic rings. The summed E-state index contributed by atoms with van der Waals surface area (Å²) in [6, 6.07) is 46.8. The van der Waals surface area contributed by atoms with Gasteiger partial charge in [-0.25, -0.2) is 0 Å². The van der Waals surface area contributed by atoms with E-state index in [4.69, 9.17) is 9.47 Å². The summed E-state index contributed by atoms with van der Waals surface area (Å²) in [6.07, 6.45) is 0.774. The Labute approximate surface area is 285 Å². The second kappa shape index (κ2) is 11.0. The quantitative estimate of drug-likeness (QED) is 0.187. The average molecular weight is 635 g/mol. The van der Waals surface area contributed by atoms with Crippen molar-refractivity contribution in [3.63, 3.8) is 0 Å². The molecule has 0 saturated heterocycles. The zero-order valence-electron chi connectivity index (χ0n) is 26.5. The van der Waals surface area contributed by atoms with Crippen molar-refractivity contribution in [1.29, 1.82) is 0 Å². The summed E-state index contributed by atoms with van der Waals surface area (Å²) < 4.78 is 12.3. The Hall–Kier alpha value is -6.04. The van der Waals surface area contributed by atoms with Gasteiger partial charge in [-0.15, -0.1) is 0 Å². The molecule has 234 valence electrons. The van der Waals surface area contributed by atoms with Gasteiger partial charge in [0.2, 0.25) is 0 Å². The first kappa shape index (κ1) is 29.1. The maximum atomic E-state index is 12.4. The van der Waals surface area contributed by atoms with Crippen LogP contribution in [-0.2, 0) is 16.6 Å². The number of benzene rings is 6. The number of fused-ring (bicyclic) bond motifs is 7. The Morgan fingerprint density at radius 3 is 1.02 bits per heavy atom. The molecule has 49 heavy (non-hydrogen) atoms. The molecule has 0 fully saturated rings. The molecular weight excluding hydrogens is 604 g/mol. The number of ether oxygens (including phenoxy) is 2. The third-order valence-electron chi connectivity index (χ3n) is 10.0. The van der Waals surface area contributed by atoms with Crippen molar-refractivity contribution in [1.82, 2.24) is 0 Å². The molecule has 0 spiro atoms. The highest BCUT2D eigenvalue weighted by molar-refractivity contribution is 5.81. The van der Waals surface area contributed by atoms with E-state index in [1.807, 2.05) is 97.1 Å². The molecule has 0 unspecified atom stereocenters. The normalized spacial score (nSPS) is 15.8. The van der Waals surface area contributed by atoms with Crippen molar-refractivity contribution in [2.75, 3.05) is 0 Å². The van der Waals surface area contributed by atoms with Crippen molar-refractivity contribution < 1.29 is 19.7 Å². The van der Waals surface area contributed by atoms with Gasteiger partial charge in [0, 0.05) is 40.5 Å². The van der Waals surface area contributed by atoms with E-state index >= 15 is 0 Å². The van der Waals surface area contributed by atoms with Crippen LogP contribution < -0.4 is 9.47 Å². The first-order chi connectivity index (χ1) is 24.0. The van der Waals surface area contributed by atoms with Crippen molar-refractivity contribution in [2.24, 2.45) is 0 Å². The van der Waals surface area contributed by atoms with E-state index in [0.717, 1.165) is 22.3 Å². The molecule has 0 radical (unpaired) electrons. The SMILES string of the molecule is OC1(C#CCC2(CC#CC3(O)c4ccccc4Oc4ccccc43)c3ccccc3-c3ccccc32)c2ccccc2Oc2ccccc21. The van der Waals surface area contributed by atoms with Crippen molar-refractivity contribution >= 4 is 0 Å². The summed E-state index contributed by atoms with van der Waals surface area (Å²) in [5.74, 6) is 15.9. The van der Waals surface area contributed by atoms with Gasteiger partial charge in [0.25, 0.3) is 0 Å². The van der Waals surface area contributed by atoms with Crippen LogP contribution in [-0.4, -0.2) is 10.2 Å². The number of rotatable bonds is 2. The van der Waals surface area contributed by atoms with Gasteiger partial charge in [-0.1, -0.05) is 145 Å². The molecule has 0 atom stereocenters. The van der Waals surface area contributed by atoms with E-state index in [-0.39, 0.29) is 0 Å². The molecule has 4 nitrogen and oxygen atoms in total. The first-order valence-electron chi connectivity index (χ1n) is 16.4. The van der Waals surface area contributed by atoms with Crippen molar-refractivity contribution in [3.05, 3.63) is 179 Å². The topological polar surface area (TPSA) is 58.9 Å². The highest BCUT2D eigenvalue weighted by Gasteiger charge is 2.44. The highest BCUT2D eigenvalue weighted by atomic mass is 16.5. The monoisotopic (exact) mass is 634 g/mol. The number of para-hydroxylation sites is 4. The fraction of sp³-hybridized carbons (Fsp3) is 0.111. The van der Waals surface area contributed by atoms with Gasteiger partial charge in [0.15, 0.2) is 11.2 Å². The number of hydrogen-bond donors (Lipinski definition) is 2. The molecule has 3 aliphatic rings. The van der Waals surface area contributed by atoms with E-state index in [1.165, 1.54) is 0 Å². The van der Waals surface area contributed by atoms with Crippen LogP contribution in [0.5, 0.6) is 23.0 Å². The average Bonchev–Trinajstić information content (AvgIpc) is 3.41. The number of aliphatic hydroxyl groups is 2. The maximum Gasteiger partial charge on any atom is 0.184 e. The highest BCUT2D eigenvalue weighted by Crippen LogP contribution is 2.53. The van der Waals surface area contributed by atoms with Crippen LogP contribution >= 0.6 is 0 Å². The second-order valence-electron chi connectivity index (χ2n) is 12.7. The molecule has 0 saturated carbocycles. The molecule has 2 heterocycles. The zero-order chi connectivity index (χ0) is 33.1. The van der Waals surface area contributed by atoms with Gasteiger partial charge in [0.05, 0.1) is 0 Å². The molecule has 6 aromatic carbocycles. The second-order valence-corrected chi connectivity index (χ2v) is 12.7. The van der Waals surface area contributed by atoms with Gasteiger partial charge in [-0.05, 0) is 46.5 Å². The van der Waals surface area contributed by atoms with Crippen LogP contribution in [0.4, 0.5) is 0 Å². The maximum absolute atomic E-state index is 12.4. The Balaban J connectivity index is 1.19. The fourth-order valence-corrected chi connectivity index (χ4v) is 7.72. The Bertz CT molecular complexity index is 2160. The lowest BCUT2D eigenvalue weighted by atomic mass is 9.72. The summed E-state index contributed by atoms with van der Waals surface area (Å²) in [5.41, 5.74) is 3.21. The summed E-state index contributed by atoms with van der Waals surface area (Å²) in [5, 5.41) is 24.7. The van der Waals surface area contributed by atoms with Gasteiger partial charge >= 0.3 is 0 Å². The first-order valence-corrected chi connectivity index (χ1v) is 16.4. The molecular formula is C45H30O4. The Kier molecular flexibility index (Phi) is 6.54. The third-order valence-corrected chi connectivity index (χ3v) is 10.0. The lowest BCUT2D eigenvalue weighted by Crippen LogP contribution is -2.30. The van der Waals surface area contributed by atoms with Crippen LogP contribution in [0.3, 0.4) is 0 Å². The Morgan fingerprint density at radius 2 is 0.673 bits per heavy atom. The van der Waals surface area contributed by atoms with Crippen LogP contribution in [0.25, 0.3) is 11.1 Å². The minimum absolute atomic E-state index is 0.387. The third kappa shape index (κ3) is 4.36. The van der Waals surface area contributed by atoms with Crippen LogP contribution in [0.2, 0.25) is 0 Å². The summed E-state index contributed by atoms with van der Waals surface area (Å²) in [6.45, 7) is 0. The van der Waals surface area contributed by atoms with Gasteiger partial charge in [0.1, 0.15) is 23.0 Å². The van der Waals surface area contributed by atoms with E-state index < -0.39 is 16.6 Å². The molecule has 4 heteroatoms. The van der Waals surface area contributed by atoms with E-state index in [0.29, 0.717) is 58.1 Å². The van der Waals surface area contributed by atoms with Gasteiger partial charge in [-0.2, -0.15) is 0 Å². The predicted octanol–water partition coefficient (Wildman–Crippen LogP) is 8.82. The summed E-state index contributed by atoms with van der Waals surface area (Å²) in [4.78, 5) is 0. The van der Waals surface area contributed by atoms with Crippen LogP contribution in [0.15, 0.2) is 146 Å². The smallest absolute Gasteiger partial charge is 0.184 e. The lowest BCUT2D eigenvalue weighted by Gasteiger charge is -2.33. The molecule has 0 aromatic heterocycles. The zero-order valence-corrected chi connectivity index (χ0v) is 26.5. The van der Waals surface area contributed by atoms with E-state index in [9.17, 15) is 10.2 Å². The minimum atomic E-state index is -1.57. The molecule has 1 aliphatic carbocycles. The summed E-state index contributed by atoms with van der Waals surface area (Å²) >= 11 is 0. The van der Waals surface area contributed by atoms with Crippen molar-refractivity contribution in [3.8, 4) is 57.8 Å². The largest absolute Gasteiger partial charge is 0.456 e. The predicted molar refractivity (Wildman–Crippen MR) is 189 cm³/mol. The molecule has 2 N–H and O–H groups in total. The van der Waals surface area contributed by atoms with E-state index in [2.05, 4.69) is 72.2 Å². The van der Waals surface area contributed by atoms with Gasteiger partial charge < -0.3 is 19.7 Å². The van der Waals surface area contributed by atoms with E-state index in [1.54, 1.807) is 0 Å². The minimum Gasteiger partial charge on any atom is -0.456 e. The molecule has 0 bridgehead atoms. The summed E-state index contributed by atoms with van der Waals surface area (Å²) in [7, 11) is 0. The molecule has 9 rings (SSSR count). The standard InChI is InChI=1S/C45H30O4/c46-44(35-19-5-9-23-39(35)48-40-24-10-6-20-36(40)44)29-13-27-43(33-17-3-1-15-31(33)32-16-2-4-18-34(32)43)28-14-30-45(47)37-21-7-11-25-41(37)49-42-26-12-8-22-38(42)45/h1-12,15-26,46-47H,27-28H2. The lowest BCUT2D eigenvalue weighted by molar-refractivity contribution is 0.131. The van der Waals surface area contributed by atoms with Crippen LogP contribution in [0.1, 0.15) is 46.2 Å². The van der Waals surface area contributed by atoms with Gasteiger partial charge in [-0.3, -0.25) is 0 Å². The Morgan fingerprint density at radius 1 is 0.388 bits per heavy atom.